The molecule has 0 radical (unpaired) electrons. The first-order chi connectivity index (χ1) is 7.68. The van der Waals surface area contributed by atoms with E-state index in [1.807, 2.05) is 0 Å². The van der Waals surface area contributed by atoms with Gasteiger partial charge in [-0.25, -0.2) is 9.18 Å². The molecule has 0 bridgehead atoms. The maximum Gasteiger partial charge on any atom is 0.410 e. The summed E-state index contributed by atoms with van der Waals surface area (Å²) < 4.78 is 19.1. The molecule has 1 saturated heterocycles. The minimum Gasteiger partial charge on any atom is -0.444 e. The summed E-state index contributed by atoms with van der Waals surface area (Å²) in [5, 5.41) is 9.16. The highest BCUT2D eigenvalue weighted by Gasteiger charge is 2.41. The fourth-order valence-electron chi connectivity index (χ4n) is 1.72. The van der Waals surface area contributed by atoms with E-state index in [1.165, 1.54) is 4.90 Å². The minimum atomic E-state index is -1.21. The number of halogens is 1. The number of carbonyl (C=O) groups is 1. The van der Waals surface area contributed by atoms with Crippen LogP contribution in [-0.2, 0) is 4.74 Å². The van der Waals surface area contributed by atoms with Gasteiger partial charge in [-0.2, -0.15) is 0 Å². The highest BCUT2D eigenvalue weighted by molar-refractivity contribution is 5.68. The zero-order chi connectivity index (χ0) is 13.3. The maximum absolute atomic E-state index is 13.9. The molecule has 0 aromatic carbocycles. The first-order valence-corrected chi connectivity index (χ1v) is 5.91. The predicted octanol–water partition coefficient (Wildman–Crippen LogP) is 1.96. The molecule has 1 rings (SSSR count). The number of amides is 1. The third-order valence-electron chi connectivity index (χ3n) is 3.10. The zero-order valence-corrected chi connectivity index (χ0v) is 11.0. The lowest BCUT2D eigenvalue weighted by molar-refractivity contribution is -0.0333. The quantitative estimate of drug-likeness (QED) is 0.770. The first-order valence-electron chi connectivity index (χ1n) is 5.91. The maximum atomic E-state index is 13.9. The van der Waals surface area contributed by atoms with E-state index in [-0.39, 0.29) is 13.2 Å². The molecule has 4 nitrogen and oxygen atoms in total. The molecule has 1 heterocycles. The van der Waals surface area contributed by atoms with Crippen LogP contribution in [0.2, 0.25) is 0 Å². The van der Waals surface area contributed by atoms with E-state index in [1.54, 1.807) is 27.7 Å². The van der Waals surface area contributed by atoms with Gasteiger partial charge in [-0.3, -0.25) is 0 Å². The van der Waals surface area contributed by atoms with E-state index in [9.17, 15) is 9.18 Å². The van der Waals surface area contributed by atoms with Gasteiger partial charge in [0, 0.05) is 12.0 Å². The zero-order valence-electron chi connectivity index (χ0n) is 11.0. The smallest absolute Gasteiger partial charge is 0.410 e. The number of ether oxygens (including phenoxy) is 1. The second-order valence-electron chi connectivity index (χ2n) is 5.96. The average Bonchev–Trinajstić information content (AvgIpc) is 2.19. The summed E-state index contributed by atoms with van der Waals surface area (Å²) in [4.78, 5) is 13.1. The van der Waals surface area contributed by atoms with Gasteiger partial charge in [0.25, 0.3) is 0 Å². The molecule has 1 N–H and O–H groups in total. The summed E-state index contributed by atoms with van der Waals surface area (Å²) in [6.45, 7) is 7.25. The Labute approximate surface area is 102 Å². The fraction of sp³-hybridized carbons (Fsp3) is 0.917. The number of alkyl halides is 1. The Morgan fingerprint density at radius 3 is 2.59 bits per heavy atom. The van der Waals surface area contributed by atoms with Gasteiger partial charge in [0.2, 0.25) is 0 Å². The summed E-state index contributed by atoms with van der Waals surface area (Å²) in [7, 11) is 0. The molecule has 5 heteroatoms. The lowest BCUT2D eigenvalue weighted by atomic mass is 9.80. The highest BCUT2D eigenvalue weighted by atomic mass is 19.1. The Morgan fingerprint density at radius 1 is 1.59 bits per heavy atom. The summed E-state index contributed by atoms with van der Waals surface area (Å²) in [6.07, 6.45) is -1.25. The summed E-state index contributed by atoms with van der Waals surface area (Å²) in [5.74, 6) is 0. The van der Waals surface area contributed by atoms with Gasteiger partial charge in [0.15, 0.2) is 0 Å². The SMILES string of the molecule is CC(C)(C)OC(=O)N1CC[C@@](C)(CO)[C@H](F)C1. The van der Waals surface area contributed by atoms with Crippen molar-refractivity contribution in [3.05, 3.63) is 0 Å². The van der Waals surface area contributed by atoms with E-state index in [0.717, 1.165) is 0 Å². The third kappa shape index (κ3) is 3.56. The molecule has 17 heavy (non-hydrogen) atoms. The number of aliphatic hydroxyl groups excluding tert-OH is 1. The van der Waals surface area contributed by atoms with Crippen molar-refractivity contribution in [3.63, 3.8) is 0 Å². The van der Waals surface area contributed by atoms with Crippen LogP contribution < -0.4 is 0 Å². The Morgan fingerprint density at radius 2 is 2.18 bits per heavy atom. The van der Waals surface area contributed by atoms with Gasteiger partial charge in [-0.1, -0.05) is 6.92 Å². The second-order valence-corrected chi connectivity index (χ2v) is 5.96. The second kappa shape index (κ2) is 4.80. The van der Waals surface area contributed by atoms with Gasteiger partial charge in [0.1, 0.15) is 11.8 Å². The number of hydrogen-bond donors (Lipinski definition) is 1. The van der Waals surface area contributed by atoms with Gasteiger partial charge < -0.3 is 14.7 Å². The molecule has 0 aromatic rings. The Hall–Kier alpha value is -0.840. The molecule has 1 fully saturated rings. The van der Waals surface area contributed by atoms with Gasteiger partial charge in [0.05, 0.1) is 13.2 Å². The number of hydrogen-bond acceptors (Lipinski definition) is 3. The molecule has 1 amide bonds. The number of rotatable bonds is 1. The van der Waals surface area contributed by atoms with Crippen LogP contribution in [0.4, 0.5) is 9.18 Å². The molecule has 0 aromatic heterocycles. The number of aliphatic hydroxyl groups is 1. The third-order valence-corrected chi connectivity index (χ3v) is 3.10. The Bertz CT molecular complexity index is 290. The van der Waals surface area contributed by atoms with Crippen molar-refractivity contribution in [1.82, 2.24) is 4.90 Å². The van der Waals surface area contributed by atoms with Crippen LogP contribution in [0, 0.1) is 5.41 Å². The van der Waals surface area contributed by atoms with Crippen molar-refractivity contribution in [3.8, 4) is 0 Å². The monoisotopic (exact) mass is 247 g/mol. The molecule has 0 saturated carbocycles. The molecule has 0 aliphatic carbocycles. The van der Waals surface area contributed by atoms with Crippen LogP contribution in [-0.4, -0.2) is 47.6 Å². The standard InChI is InChI=1S/C12H22FNO3/c1-11(2,3)17-10(16)14-6-5-12(4,8-15)9(13)7-14/h9,15H,5-8H2,1-4H3/t9-,12+/m1/s1. The first kappa shape index (κ1) is 14.2. The lowest BCUT2D eigenvalue weighted by Crippen LogP contribution is -2.52. The molecule has 1 aliphatic rings. The number of likely N-dealkylation sites (tertiary alicyclic amines) is 1. The van der Waals surface area contributed by atoms with Crippen molar-refractivity contribution >= 4 is 6.09 Å². The van der Waals surface area contributed by atoms with Gasteiger partial charge >= 0.3 is 6.09 Å². The van der Waals surface area contributed by atoms with E-state index >= 15 is 0 Å². The minimum absolute atomic E-state index is 0.00796. The van der Waals surface area contributed by atoms with E-state index in [4.69, 9.17) is 9.84 Å². The van der Waals surface area contributed by atoms with Crippen LogP contribution in [0.1, 0.15) is 34.1 Å². The fourth-order valence-corrected chi connectivity index (χ4v) is 1.72. The average molecular weight is 247 g/mol. The normalized spacial score (nSPS) is 30.2. The summed E-state index contributed by atoms with van der Waals surface area (Å²) in [5.41, 5.74) is -1.31. The molecule has 100 valence electrons. The lowest BCUT2D eigenvalue weighted by Gasteiger charge is -2.41. The van der Waals surface area contributed by atoms with Crippen LogP contribution in [0.3, 0.4) is 0 Å². The van der Waals surface area contributed by atoms with Crippen molar-refractivity contribution in [1.29, 1.82) is 0 Å². The Balaban J connectivity index is 2.58. The topological polar surface area (TPSA) is 49.8 Å². The van der Waals surface area contributed by atoms with Crippen LogP contribution in [0.25, 0.3) is 0 Å². The number of piperidine rings is 1. The number of carbonyl (C=O) groups excluding carboxylic acids is 1. The van der Waals surface area contributed by atoms with Gasteiger partial charge in [-0.05, 0) is 27.2 Å². The van der Waals surface area contributed by atoms with Crippen molar-refractivity contribution in [2.24, 2.45) is 5.41 Å². The van der Waals surface area contributed by atoms with Gasteiger partial charge in [-0.15, -0.1) is 0 Å². The molecule has 1 aliphatic heterocycles. The van der Waals surface area contributed by atoms with Crippen molar-refractivity contribution in [2.45, 2.75) is 45.9 Å². The Kier molecular flexibility index (Phi) is 4.02. The van der Waals surface area contributed by atoms with Crippen LogP contribution in [0.5, 0.6) is 0 Å². The van der Waals surface area contributed by atoms with E-state index < -0.39 is 23.3 Å². The van der Waals surface area contributed by atoms with E-state index in [0.29, 0.717) is 13.0 Å². The predicted molar refractivity (Wildman–Crippen MR) is 62.5 cm³/mol. The molecule has 0 spiro atoms. The van der Waals surface area contributed by atoms with Crippen molar-refractivity contribution < 1.29 is 19.0 Å². The molecule has 0 unspecified atom stereocenters. The summed E-state index contributed by atoms with van der Waals surface area (Å²) in [6, 6.07) is 0. The highest BCUT2D eigenvalue weighted by Crippen LogP contribution is 2.33. The molecular weight excluding hydrogens is 225 g/mol. The summed E-state index contributed by atoms with van der Waals surface area (Å²) >= 11 is 0. The van der Waals surface area contributed by atoms with Crippen molar-refractivity contribution in [2.75, 3.05) is 19.7 Å². The number of nitrogens with zero attached hydrogens (tertiary/aromatic N) is 1. The van der Waals surface area contributed by atoms with Crippen LogP contribution in [0.15, 0.2) is 0 Å². The largest absolute Gasteiger partial charge is 0.444 e. The molecule has 2 atom stereocenters. The molecular formula is C12H22FNO3. The van der Waals surface area contributed by atoms with E-state index in [2.05, 4.69) is 0 Å². The van der Waals surface area contributed by atoms with Crippen LogP contribution >= 0.6 is 0 Å².